The summed E-state index contributed by atoms with van der Waals surface area (Å²) in [6, 6.07) is 7.11. The van der Waals surface area contributed by atoms with Gasteiger partial charge in [-0.05, 0) is 31.0 Å². The van der Waals surface area contributed by atoms with E-state index in [0.29, 0.717) is 23.8 Å². The van der Waals surface area contributed by atoms with Crippen molar-refractivity contribution in [3.05, 3.63) is 29.8 Å². The van der Waals surface area contributed by atoms with E-state index in [0.717, 1.165) is 25.7 Å². The summed E-state index contributed by atoms with van der Waals surface area (Å²) in [4.78, 5) is 30.6. The third kappa shape index (κ3) is 6.92. The maximum absolute atomic E-state index is 12.6. The van der Waals surface area contributed by atoms with Gasteiger partial charge in [-0.2, -0.15) is 0 Å². The predicted molar refractivity (Wildman–Crippen MR) is 127 cm³/mol. The van der Waals surface area contributed by atoms with Gasteiger partial charge >= 0.3 is 0 Å². The third-order valence-corrected chi connectivity index (χ3v) is 4.97. The van der Waals surface area contributed by atoms with Crippen LogP contribution in [0.4, 0.5) is 5.69 Å². The van der Waals surface area contributed by atoms with Crippen molar-refractivity contribution in [3.8, 4) is 12.3 Å². The molecule has 1 aromatic carbocycles. The number of halogens is 1. The van der Waals surface area contributed by atoms with Crippen molar-refractivity contribution in [1.82, 2.24) is 15.5 Å². The van der Waals surface area contributed by atoms with Crippen LogP contribution in [0, 0.1) is 17.8 Å². The fourth-order valence-corrected chi connectivity index (χ4v) is 3.52. The molecule has 0 unspecified atom stereocenters. The number of carbonyl (C=O) groups is 2. The highest BCUT2D eigenvalue weighted by atomic mass is 127. The zero-order valence-corrected chi connectivity index (χ0v) is 19.6. The van der Waals surface area contributed by atoms with Gasteiger partial charge in [-0.25, -0.2) is 0 Å². The number of carbonyl (C=O) groups excluding carboxylic acids is 2. The van der Waals surface area contributed by atoms with Crippen molar-refractivity contribution in [3.63, 3.8) is 0 Å². The molecule has 1 aliphatic carbocycles. The molecular weight excluding hydrogens is 481 g/mol. The highest BCUT2D eigenvalue weighted by Gasteiger charge is 2.42. The van der Waals surface area contributed by atoms with Crippen LogP contribution >= 0.6 is 24.0 Å². The van der Waals surface area contributed by atoms with Gasteiger partial charge < -0.3 is 20.9 Å². The number of hydrogen-bond acceptors (Lipinski definition) is 3. The number of amides is 2. The minimum atomic E-state index is -0.404. The van der Waals surface area contributed by atoms with Crippen LogP contribution in [-0.4, -0.2) is 56.9 Å². The number of terminal acetylenes is 1. The van der Waals surface area contributed by atoms with Crippen LogP contribution in [0.25, 0.3) is 0 Å². The molecule has 7 nitrogen and oxygen atoms in total. The first-order valence-electron chi connectivity index (χ1n) is 9.43. The van der Waals surface area contributed by atoms with E-state index in [9.17, 15) is 9.59 Å². The van der Waals surface area contributed by atoms with Crippen LogP contribution in [0.2, 0.25) is 0 Å². The first kappa shape index (κ1) is 24.8. The summed E-state index contributed by atoms with van der Waals surface area (Å²) in [5.41, 5.74) is 0.946. The fourth-order valence-electron chi connectivity index (χ4n) is 3.52. The molecule has 0 bridgehead atoms. The standard InChI is InChI=1S/C21H29N5O2.HI/c1-5-16-9-8-10-17(13-16)25-18(27)14-23-20(22-2)24-15-21(11-6-7-12-21)19(28)26(3)4;/h1,8-10,13H,6-7,11-12,14-15H2,2-4H3,(H,25,27)(H2,22,23,24);1H. The van der Waals surface area contributed by atoms with Gasteiger partial charge in [-0.3, -0.25) is 14.6 Å². The SMILES string of the molecule is C#Cc1cccc(NC(=O)CNC(=NC)NCC2(C(=O)N(C)C)CCCC2)c1.I. The summed E-state index contributed by atoms with van der Waals surface area (Å²) < 4.78 is 0. The van der Waals surface area contributed by atoms with Crippen LogP contribution < -0.4 is 16.0 Å². The minimum absolute atomic E-state index is 0. The molecule has 1 fully saturated rings. The Labute approximate surface area is 190 Å². The fraction of sp³-hybridized carbons (Fsp3) is 0.476. The molecule has 1 aliphatic rings. The van der Waals surface area contributed by atoms with Gasteiger partial charge in [0.2, 0.25) is 11.8 Å². The normalized spacial score (nSPS) is 14.9. The summed E-state index contributed by atoms with van der Waals surface area (Å²) in [5, 5.41) is 8.99. The Balaban J connectivity index is 0.00000420. The molecule has 3 N–H and O–H groups in total. The lowest BCUT2D eigenvalue weighted by atomic mass is 9.84. The van der Waals surface area contributed by atoms with Crippen molar-refractivity contribution >= 4 is 47.4 Å². The molecule has 2 amide bonds. The average molecular weight is 511 g/mol. The topological polar surface area (TPSA) is 85.8 Å². The smallest absolute Gasteiger partial charge is 0.243 e. The maximum atomic E-state index is 12.6. The van der Waals surface area contributed by atoms with Gasteiger partial charge in [0, 0.05) is 38.9 Å². The van der Waals surface area contributed by atoms with Crippen molar-refractivity contribution < 1.29 is 9.59 Å². The van der Waals surface area contributed by atoms with Crippen molar-refractivity contribution in [1.29, 1.82) is 0 Å². The van der Waals surface area contributed by atoms with Crippen LogP contribution in [0.15, 0.2) is 29.3 Å². The van der Waals surface area contributed by atoms with Gasteiger partial charge in [0.25, 0.3) is 0 Å². The molecule has 0 aromatic heterocycles. The summed E-state index contributed by atoms with van der Waals surface area (Å²) in [5.74, 6) is 2.95. The predicted octanol–water partition coefficient (Wildman–Crippen LogP) is 2.04. The maximum Gasteiger partial charge on any atom is 0.243 e. The minimum Gasteiger partial charge on any atom is -0.355 e. The highest BCUT2D eigenvalue weighted by Crippen LogP contribution is 2.38. The second-order valence-corrected chi connectivity index (χ2v) is 7.24. The quantitative estimate of drug-likeness (QED) is 0.236. The van der Waals surface area contributed by atoms with Gasteiger partial charge in [0.05, 0.1) is 12.0 Å². The molecule has 0 radical (unpaired) electrons. The number of benzene rings is 1. The first-order chi connectivity index (χ1) is 13.4. The summed E-state index contributed by atoms with van der Waals surface area (Å²) in [6.07, 6.45) is 9.19. The van der Waals surface area contributed by atoms with E-state index in [-0.39, 0.29) is 42.3 Å². The Morgan fingerprint density at radius 1 is 1.24 bits per heavy atom. The monoisotopic (exact) mass is 511 g/mol. The van der Waals surface area contributed by atoms with Gasteiger partial charge in [0.15, 0.2) is 5.96 Å². The number of hydrogen-bond donors (Lipinski definition) is 3. The first-order valence-corrected chi connectivity index (χ1v) is 9.43. The van der Waals surface area contributed by atoms with E-state index in [4.69, 9.17) is 6.42 Å². The van der Waals surface area contributed by atoms with Crippen molar-refractivity contribution in [2.75, 3.05) is 39.5 Å². The third-order valence-electron chi connectivity index (χ3n) is 4.97. The highest BCUT2D eigenvalue weighted by molar-refractivity contribution is 14.0. The summed E-state index contributed by atoms with van der Waals surface area (Å²) >= 11 is 0. The second-order valence-electron chi connectivity index (χ2n) is 7.24. The molecule has 0 heterocycles. The molecule has 0 aliphatic heterocycles. The number of anilines is 1. The molecule has 1 aromatic rings. The van der Waals surface area contributed by atoms with Gasteiger partial charge in [-0.15, -0.1) is 30.4 Å². The second kappa shape index (κ2) is 11.7. The van der Waals surface area contributed by atoms with Gasteiger partial charge in [0.1, 0.15) is 0 Å². The van der Waals surface area contributed by atoms with Crippen LogP contribution in [-0.2, 0) is 9.59 Å². The Morgan fingerprint density at radius 2 is 1.93 bits per heavy atom. The molecule has 2 rings (SSSR count). The number of nitrogens with zero attached hydrogens (tertiary/aromatic N) is 2. The zero-order chi connectivity index (χ0) is 20.6. The lowest BCUT2D eigenvalue weighted by Gasteiger charge is -2.31. The largest absolute Gasteiger partial charge is 0.355 e. The number of guanidine groups is 1. The summed E-state index contributed by atoms with van der Waals surface area (Å²) in [7, 11) is 5.21. The van der Waals surface area contributed by atoms with Crippen molar-refractivity contribution in [2.45, 2.75) is 25.7 Å². The van der Waals surface area contributed by atoms with Crippen LogP contribution in [0.5, 0.6) is 0 Å². The van der Waals surface area contributed by atoms with Gasteiger partial charge in [-0.1, -0.05) is 24.8 Å². The lowest BCUT2D eigenvalue weighted by Crippen LogP contribution is -2.50. The molecule has 158 valence electrons. The van der Waals surface area contributed by atoms with E-state index in [1.54, 1.807) is 50.3 Å². The molecule has 8 heteroatoms. The molecule has 0 atom stereocenters. The Morgan fingerprint density at radius 3 is 2.52 bits per heavy atom. The average Bonchev–Trinajstić information content (AvgIpc) is 3.17. The molecule has 1 saturated carbocycles. The number of aliphatic imine (C=N–C) groups is 1. The Bertz CT molecular complexity index is 780. The summed E-state index contributed by atoms with van der Waals surface area (Å²) in [6.45, 7) is 0.546. The zero-order valence-electron chi connectivity index (χ0n) is 17.2. The van der Waals surface area contributed by atoms with Crippen LogP contribution in [0.3, 0.4) is 0 Å². The van der Waals surface area contributed by atoms with E-state index in [1.807, 2.05) is 0 Å². The van der Waals surface area contributed by atoms with E-state index >= 15 is 0 Å². The lowest BCUT2D eigenvalue weighted by molar-refractivity contribution is -0.138. The molecule has 29 heavy (non-hydrogen) atoms. The number of rotatable bonds is 6. The number of nitrogens with one attached hydrogen (secondary N) is 3. The molecule has 0 saturated heterocycles. The van der Waals surface area contributed by atoms with Crippen molar-refractivity contribution in [2.24, 2.45) is 10.4 Å². The van der Waals surface area contributed by atoms with E-state index < -0.39 is 5.41 Å². The Hall–Kier alpha value is -2.28. The Kier molecular flexibility index (Phi) is 9.95. The molecule has 0 spiro atoms. The molecular formula is C21H30IN5O2. The van der Waals surface area contributed by atoms with E-state index in [2.05, 4.69) is 26.9 Å². The van der Waals surface area contributed by atoms with Crippen LogP contribution in [0.1, 0.15) is 31.2 Å². The van der Waals surface area contributed by atoms with E-state index in [1.165, 1.54) is 0 Å².